The second kappa shape index (κ2) is 7.69. The van der Waals surface area contributed by atoms with Gasteiger partial charge in [0.15, 0.2) is 0 Å². The largest absolute Gasteiger partial charge is 0.343 e. The van der Waals surface area contributed by atoms with Crippen molar-refractivity contribution in [2.45, 2.75) is 25.4 Å². The smallest absolute Gasteiger partial charge is 0.240 e. The van der Waals surface area contributed by atoms with Gasteiger partial charge in [0.1, 0.15) is 6.33 Å². The average molecular weight is 397 g/mol. The number of nitrogens with one attached hydrogen (secondary N) is 1. The number of nitrogens with zero attached hydrogens (tertiary/aromatic N) is 5. The first-order chi connectivity index (χ1) is 12.6. The highest BCUT2D eigenvalue weighted by Gasteiger charge is 2.42. The molecule has 4 heterocycles. The van der Waals surface area contributed by atoms with Crippen molar-refractivity contribution >= 4 is 40.2 Å². The minimum absolute atomic E-state index is 0.0351. The summed E-state index contributed by atoms with van der Waals surface area (Å²) in [5.74, 6) is 1.99. The van der Waals surface area contributed by atoms with Crippen LogP contribution < -0.4 is 10.2 Å². The van der Waals surface area contributed by atoms with E-state index in [9.17, 15) is 9.59 Å². The van der Waals surface area contributed by atoms with E-state index < -0.39 is 0 Å². The van der Waals surface area contributed by atoms with Gasteiger partial charge >= 0.3 is 0 Å². The zero-order chi connectivity index (χ0) is 18.1. The minimum Gasteiger partial charge on any atom is -0.343 e. The monoisotopic (exact) mass is 396 g/mol. The van der Waals surface area contributed by atoms with Gasteiger partial charge in [-0.05, 0) is 13.3 Å². The molecule has 10 heteroatoms. The molecule has 1 N–H and O–H groups in total. The van der Waals surface area contributed by atoms with Crippen molar-refractivity contribution in [1.82, 2.24) is 24.5 Å². The van der Waals surface area contributed by atoms with Crippen molar-refractivity contribution < 1.29 is 9.59 Å². The zero-order valence-corrected chi connectivity index (χ0v) is 16.5. The van der Waals surface area contributed by atoms with Crippen LogP contribution in [0.15, 0.2) is 6.33 Å². The molecule has 142 valence electrons. The van der Waals surface area contributed by atoms with Crippen LogP contribution in [0, 0.1) is 5.92 Å². The summed E-state index contributed by atoms with van der Waals surface area (Å²) in [5, 5.41) is 4.28. The first-order valence-electron chi connectivity index (χ1n) is 9.06. The summed E-state index contributed by atoms with van der Waals surface area (Å²) in [7, 11) is 0. The van der Waals surface area contributed by atoms with Crippen molar-refractivity contribution in [1.29, 1.82) is 0 Å². The predicted octanol–water partition coefficient (Wildman–Crippen LogP) is 0.0862. The highest BCUT2D eigenvalue weighted by atomic mass is 32.2. The number of amides is 2. The van der Waals surface area contributed by atoms with Crippen LogP contribution in [-0.4, -0.2) is 87.4 Å². The number of piperazine rings is 1. The number of hydrogen-bond donors (Lipinski definition) is 1. The third kappa shape index (κ3) is 3.54. The van der Waals surface area contributed by atoms with Crippen molar-refractivity contribution in [2.24, 2.45) is 5.92 Å². The fourth-order valence-electron chi connectivity index (χ4n) is 3.91. The summed E-state index contributed by atoms with van der Waals surface area (Å²) in [6.07, 6.45) is 2.18. The number of thioether (sulfide) groups is 1. The van der Waals surface area contributed by atoms with Crippen LogP contribution in [0.1, 0.15) is 13.3 Å². The molecule has 3 aliphatic heterocycles. The third-order valence-electron chi connectivity index (χ3n) is 5.45. The van der Waals surface area contributed by atoms with Gasteiger partial charge in [-0.15, -0.1) is 11.8 Å². The number of carbonyl (C=O) groups is 2. The highest BCUT2D eigenvalue weighted by Crippen LogP contribution is 2.26. The molecule has 3 saturated heterocycles. The molecule has 0 aromatic carbocycles. The van der Waals surface area contributed by atoms with Gasteiger partial charge in [-0.25, -0.2) is 4.98 Å². The lowest BCUT2D eigenvalue weighted by molar-refractivity contribution is -0.136. The van der Waals surface area contributed by atoms with Gasteiger partial charge in [0.05, 0.1) is 17.8 Å². The van der Waals surface area contributed by atoms with Crippen LogP contribution >= 0.6 is 23.3 Å². The van der Waals surface area contributed by atoms with E-state index in [2.05, 4.69) is 19.6 Å². The molecule has 0 spiro atoms. The molecule has 26 heavy (non-hydrogen) atoms. The summed E-state index contributed by atoms with van der Waals surface area (Å²) >= 11 is 3.18. The van der Waals surface area contributed by atoms with Gasteiger partial charge in [0.2, 0.25) is 16.9 Å². The molecule has 0 bridgehead atoms. The minimum atomic E-state index is -0.222. The lowest BCUT2D eigenvalue weighted by Gasteiger charge is -2.36. The maximum atomic E-state index is 13.0. The first kappa shape index (κ1) is 18.0. The Kier molecular flexibility index (Phi) is 5.32. The quantitative estimate of drug-likeness (QED) is 0.775. The van der Waals surface area contributed by atoms with Crippen molar-refractivity contribution in [3.8, 4) is 0 Å². The van der Waals surface area contributed by atoms with E-state index in [1.165, 1.54) is 11.5 Å². The molecule has 0 radical (unpaired) electrons. The number of rotatable bonds is 3. The second-order valence-corrected chi connectivity index (χ2v) is 8.86. The Labute approximate surface area is 161 Å². The molecular weight excluding hydrogens is 372 g/mol. The number of aromatic nitrogens is 2. The van der Waals surface area contributed by atoms with E-state index in [1.54, 1.807) is 18.1 Å². The van der Waals surface area contributed by atoms with E-state index in [0.717, 1.165) is 36.4 Å². The molecule has 1 aromatic heterocycles. The van der Waals surface area contributed by atoms with Gasteiger partial charge in [0.25, 0.3) is 0 Å². The molecule has 8 nitrogen and oxygen atoms in total. The number of anilines is 1. The standard InChI is InChI=1S/C16H24N6O2S2/c1-11-12(8-13(19-11)15(24)22-6-7-25-10-22)14(23)20-2-4-21(5-3-20)16-17-9-18-26-16/h9,11-13,19H,2-8,10H2,1H3/t11-,12-,13-/m0/s1. The molecule has 0 aliphatic carbocycles. The molecule has 3 atom stereocenters. The molecular formula is C16H24N6O2S2. The van der Waals surface area contributed by atoms with Crippen molar-refractivity contribution in [3.05, 3.63) is 6.33 Å². The van der Waals surface area contributed by atoms with Gasteiger partial charge in [-0.2, -0.15) is 4.37 Å². The number of hydrogen-bond acceptors (Lipinski definition) is 8. The van der Waals surface area contributed by atoms with Gasteiger partial charge in [-0.3, -0.25) is 9.59 Å². The van der Waals surface area contributed by atoms with Crippen LogP contribution in [0.3, 0.4) is 0 Å². The van der Waals surface area contributed by atoms with Crippen LogP contribution in [-0.2, 0) is 9.59 Å². The Morgan fingerprint density at radius 2 is 1.96 bits per heavy atom. The summed E-state index contributed by atoms with van der Waals surface area (Å²) in [4.78, 5) is 35.9. The van der Waals surface area contributed by atoms with E-state index in [-0.39, 0.29) is 29.8 Å². The average Bonchev–Trinajstić information content (AvgIpc) is 3.42. The molecule has 3 fully saturated rings. The van der Waals surface area contributed by atoms with Gasteiger partial charge < -0.3 is 20.0 Å². The maximum absolute atomic E-state index is 13.0. The zero-order valence-electron chi connectivity index (χ0n) is 14.8. The SMILES string of the molecule is C[C@@H]1N[C@H](C(=O)N2CCSC2)C[C@@H]1C(=O)N1CCN(c2ncns2)CC1. The summed E-state index contributed by atoms with van der Waals surface area (Å²) < 4.78 is 4.04. The van der Waals surface area contributed by atoms with Crippen LogP contribution in [0.4, 0.5) is 5.13 Å². The van der Waals surface area contributed by atoms with E-state index in [4.69, 9.17) is 0 Å². The predicted molar refractivity (Wildman–Crippen MR) is 102 cm³/mol. The maximum Gasteiger partial charge on any atom is 0.240 e. The van der Waals surface area contributed by atoms with E-state index >= 15 is 0 Å². The Balaban J connectivity index is 1.32. The van der Waals surface area contributed by atoms with E-state index in [1.807, 2.05) is 16.7 Å². The Bertz CT molecular complexity index is 643. The molecule has 2 amide bonds. The van der Waals surface area contributed by atoms with Crippen LogP contribution in [0.25, 0.3) is 0 Å². The fourth-order valence-corrected chi connectivity index (χ4v) is 5.45. The lowest BCUT2D eigenvalue weighted by Crippen LogP contribution is -2.51. The molecule has 3 aliphatic rings. The van der Waals surface area contributed by atoms with Crippen molar-refractivity contribution in [2.75, 3.05) is 49.3 Å². The first-order valence-corrected chi connectivity index (χ1v) is 11.0. The van der Waals surface area contributed by atoms with E-state index in [0.29, 0.717) is 19.5 Å². The summed E-state index contributed by atoms with van der Waals surface area (Å²) in [5.41, 5.74) is 0. The lowest BCUT2D eigenvalue weighted by atomic mass is 9.97. The van der Waals surface area contributed by atoms with Gasteiger partial charge in [-0.1, -0.05) is 0 Å². The Morgan fingerprint density at radius 1 is 1.15 bits per heavy atom. The Morgan fingerprint density at radius 3 is 2.62 bits per heavy atom. The third-order valence-corrected chi connectivity index (χ3v) is 7.14. The number of carbonyl (C=O) groups excluding carboxylic acids is 2. The summed E-state index contributed by atoms with van der Waals surface area (Å²) in [6, 6.07) is -0.187. The molecule has 1 aromatic rings. The highest BCUT2D eigenvalue weighted by molar-refractivity contribution is 7.99. The normalized spacial score (nSPS) is 29.4. The molecule has 4 rings (SSSR count). The van der Waals surface area contributed by atoms with Crippen LogP contribution in [0.2, 0.25) is 0 Å². The topological polar surface area (TPSA) is 81.7 Å². The molecule has 0 unspecified atom stereocenters. The second-order valence-electron chi connectivity index (χ2n) is 7.03. The van der Waals surface area contributed by atoms with Gasteiger partial charge in [0, 0.05) is 56.1 Å². The fraction of sp³-hybridized carbons (Fsp3) is 0.750. The Hall–Kier alpha value is -1.39. The van der Waals surface area contributed by atoms with Crippen LogP contribution in [0.5, 0.6) is 0 Å². The van der Waals surface area contributed by atoms with Crippen molar-refractivity contribution in [3.63, 3.8) is 0 Å². The molecule has 0 saturated carbocycles. The summed E-state index contributed by atoms with van der Waals surface area (Å²) in [6.45, 7) is 5.80.